The smallest absolute Gasteiger partial charge is 0.158 e. The number of hydrogen-bond donors (Lipinski definition) is 0. The highest BCUT2D eigenvalue weighted by Crippen LogP contribution is 2.42. The number of hydrogen-bond acceptors (Lipinski definition) is 6. The van der Waals surface area contributed by atoms with Gasteiger partial charge in [-0.1, -0.05) is 6.58 Å². The molecule has 3 aliphatic heterocycles. The summed E-state index contributed by atoms with van der Waals surface area (Å²) in [7, 11) is 4.03. The molecule has 3 aliphatic rings. The van der Waals surface area contributed by atoms with Crippen LogP contribution in [0.5, 0.6) is 0 Å². The quantitative estimate of drug-likeness (QED) is 0.720. The number of aryl methyl sites for hydroxylation is 1. The lowest BCUT2D eigenvalue weighted by atomic mass is 10.0. The van der Waals surface area contributed by atoms with Crippen molar-refractivity contribution in [2.75, 3.05) is 37.8 Å². The number of likely N-dealkylation sites (N-methyl/N-ethyl adjacent to an activating group) is 1. The maximum Gasteiger partial charge on any atom is 0.158 e. The second-order valence-corrected chi connectivity index (χ2v) is 7.92. The molecule has 1 saturated heterocycles. The number of amidine groups is 1. The number of fused-ring (bicyclic) bond motifs is 2. The van der Waals surface area contributed by atoms with Crippen LogP contribution >= 0.6 is 11.8 Å². The van der Waals surface area contributed by atoms with Crippen molar-refractivity contribution >= 4 is 23.4 Å². The summed E-state index contributed by atoms with van der Waals surface area (Å²) in [5, 5.41) is 0. The minimum absolute atomic E-state index is 0.215. The predicted molar refractivity (Wildman–Crippen MR) is 96.3 cm³/mol. The van der Waals surface area contributed by atoms with E-state index in [2.05, 4.69) is 35.3 Å². The summed E-state index contributed by atoms with van der Waals surface area (Å²) in [5.74, 6) is 2.88. The summed E-state index contributed by atoms with van der Waals surface area (Å²) in [6.45, 7) is 9.92. The van der Waals surface area contributed by atoms with E-state index < -0.39 is 0 Å². The van der Waals surface area contributed by atoms with Gasteiger partial charge in [0.05, 0.1) is 22.2 Å². The second-order valence-electron chi connectivity index (χ2n) is 6.89. The number of rotatable bonds is 0. The second kappa shape index (κ2) is 5.46. The zero-order valence-electron chi connectivity index (χ0n) is 14.5. The van der Waals surface area contributed by atoms with Gasteiger partial charge in [-0.15, -0.1) is 11.8 Å². The molecule has 5 nitrogen and oxygen atoms in total. The molecule has 1 aromatic heterocycles. The van der Waals surface area contributed by atoms with Crippen LogP contribution in [-0.4, -0.2) is 65.6 Å². The molecule has 4 heterocycles. The number of anilines is 1. The molecule has 1 aromatic rings. The molecular weight excluding hydrogens is 325 g/mol. The van der Waals surface area contributed by atoms with Gasteiger partial charge < -0.3 is 14.7 Å². The number of pyridine rings is 1. The van der Waals surface area contributed by atoms with Crippen molar-refractivity contribution < 1.29 is 4.39 Å². The summed E-state index contributed by atoms with van der Waals surface area (Å²) in [6.07, 6.45) is 0. The molecule has 24 heavy (non-hydrogen) atoms. The Hall–Kier alpha value is -1.60. The van der Waals surface area contributed by atoms with Gasteiger partial charge in [0.2, 0.25) is 0 Å². The maximum atomic E-state index is 14.8. The SMILES string of the molecule is C=C1N=C2c3c(nc(C)c(F)c3SCC3CN(C)CC(C)N23)N1C. The van der Waals surface area contributed by atoms with E-state index in [0.29, 0.717) is 28.5 Å². The topological polar surface area (TPSA) is 35.0 Å². The molecule has 0 N–H and O–H groups in total. The molecule has 4 rings (SSSR count). The van der Waals surface area contributed by atoms with Gasteiger partial charge in [-0.2, -0.15) is 0 Å². The minimum atomic E-state index is -0.215. The van der Waals surface area contributed by atoms with Crippen molar-refractivity contribution in [1.29, 1.82) is 0 Å². The Morgan fingerprint density at radius 2 is 2.04 bits per heavy atom. The Kier molecular flexibility index (Phi) is 3.61. The van der Waals surface area contributed by atoms with Crippen LogP contribution < -0.4 is 4.90 Å². The first-order valence-electron chi connectivity index (χ1n) is 8.20. The fraction of sp³-hybridized carbons (Fsp3) is 0.529. The lowest BCUT2D eigenvalue weighted by Gasteiger charge is -2.46. The molecule has 0 radical (unpaired) electrons. The Morgan fingerprint density at radius 1 is 1.29 bits per heavy atom. The van der Waals surface area contributed by atoms with Crippen molar-refractivity contribution in [3.05, 3.63) is 29.5 Å². The summed E-state index contributed by atoms with van der Waals surface area (Å²) in [6, 6.07) is 0.617. The van der Waals surface area contributed by atoms with E-state index in [4.69, 9.17) is 4.99 Å². The molecule has 2 unspecified atom stereocenters. The monoisotopic (exact) mass is 347 g/mol. The number of halogens is 1. The highest BCUT2D eigenvalue weighted by Gasteiger charge is 2.41. The van der Waals surface area contributed by atoms with E-state index in [0.717, 1.165) is 36.1 Å². The third kappa shape index (κ3) is 2.18. The van der Waals surface area contributed by atoms with Crippen molar-refractivity contribution in [1.82, 2.24) is 14.8 Å². The average Bonchev–Trinajstić information content (AvgIpc) is 2.67. The van der Waals surface area contributed by atoms with Crippen LogP contribution in [0.2, 0.25) is 0 Å². The Balaban J connectivity index is 1.96. The van der Waals surface area contributed by atoms with Gasteiger partial charge in [-0.3, -0.25) is 0 Å². The van der Waals surface area contributed by atoms with Crippen molar-refractivity contribution in [2.45, 2.75) is 30.8 Å². The van der Waals surface area contributed by atoms with Crippen molar-refractivity contribution in [3.8, 4) is 0 Å². The molecule has 1 fully saturated rings. The van der Waals surface area contributed by atoms with Crippen LogP contribution in [0.1, 0.15) is 18.2 Å². The Morgan fingerprint density at radius 3 is 2.79 bits per heavy atom. The van der Waals surface area contributed by atoms with Crippen LogP contribution in [0.3, 0.4) is 0 Å². The average molecular weight is 347 g/mol. The zero-order chi connectivity index (χ0) is 17.2. The molecule has 0 bridgehead atoms. The van der Waals surface area contributed by atoms with E-state index in [1.807, 2.05) is 11.9 Å². The Bertz CT molecular complexity index is 762. The highest BCUT2D eigenvalue weighted by molar-refractivity contribution is 7.99. The van der Waals surface area contributed by atoms with Crippen LogP contribution in [0.15, 0.2) is 22.3 Å². The first kappa shape index (κ1) is 15.9. The van der Waals surface area contributed by atoms with Gasteiger partial charge in [-0.05, 0) is 20.9 Å². The largest absolute Gasteiger partial charge is 0.347 e. The van der Waals surface area contributed by atoms with Gasteiger partial charge in [0, 0.05) is 31.9 Å². The molecular formula is C17H22FN5S. The predicted octanol–water partition coefficient (Wildman–Crippen LogP) is 2.31. The third-order valence-electron chi connectivity index (χ3n) is 5.04. The van der Waals surface area contributed by atoms with Crippen molar-refractivity contribution in [3.63, 3.8) is 0 Å². The fourth-order valence-corrected chi connectivity index (χ4v) is 5.12. The van der Waals surface area contributed by atoms with Crippen LogP contribution in [0.25, 0.3) is 0 Å². The number of piperazine rings is 1. The van der Waals surface area contributed by atoms with Gasteiger partial charge in [0.25, 0.3) is 0 Å². The standard InChI is InChI=1S/C17H22FN5S/c1-9-6-21(4)7-12-8-24-15-13-16(19-10(2)14(15)18)22(5)11(3)20-17(13)23(9)12/h9,12H,3,6-8H2,1-2,4-5H3. The van der Waals surface area contributed by atoms with Crippen LogP contribution in [-0.2, 0) is 0 Å². The van der Waals surface area contributed by atoms with E-state index in [1.54, 1.807) is 18.7 Å². The molecule has 0 aromatic carbocycles. The first-order valence-corrected chi connectivity index (χ1v) is 9.18. The normalized spacial score (nSPS) is 26.7. The van der Waals surface area contributed by atoms with Gasteiger partial charge in [-0.25, -0.2) is 14.4 Å². The Labute approximate surface area is 146 Å². The number of thioether (sulfide) groups is 1. The number of nitrogens with zero attached hydrogens (tertiary/aromatic N) is 5. The summed E-state index contributed by atoms with van der Waals surface area (Å²) in [4.78, 5) is 16.5. The first-order chi connectivity index (χ1) is 11.4. The third-order valence-corrected chi connectivity index (χ3v) is 6.26. The minimum Gasteiger partial charge on any atom is -0.347 e. The molecule has 128 valence electrons. The summed E-state index contributed by atoms with van der Waals surface area (Å²) < 4.78 is 14.8. The highest BCUT2D eigenvalue weighted by atomic mass is 32.2. The van der Waals surface area contributed by atoms with E-state index >= 15 is 0 Å². The molecule has 2 atom stereocenters. The van der Waals surface area contributed by atoms with Gasteiger partial charge in [0.1, 0.15) is 17.5 Å². The lowest BCUT2D eigenvalue weighted by Crippen LogP contribution is -2.59. The maximum absolute atomic E-state index is 14.8. The number of aliphatic imine (C=N–C) groups is 1. The molecule has 0 saturated carbocycles. The summed E-state index contributed by atoms with van der Waals surface area (Å²) >= 11 is 1.59. The molecule has 0 amide bonds. The van der Waals surface area contributed by atoms with E-state index in [-0.39, 0.29) is 5.82 Å². The van der Waals surface area contributed by atoms with Crippen LogP contribution in [0, 0.1) is 12.7 Å². The molecule has 0 aliphatic carbocycles. The van der Waals surface area contributed by atoms with E-state index in [9.17, 15) is 4.39 Å². The van der Waals surface area contributed by atoms with Crippen molar-refractivity contribution in [2.24, 2.45) is 4.99 Å². The number of aromatic nitrogens is 1. The molecule has 0 spiro atoms. The zero-order valence-corrected chi connectivity index (χ0v) is 15.3. The van der Waals surface area contributed by atoms with E-state index in [1.165, 1.54) is 0 Å². The molecule has 7 heteroatoms. The summed E-state index contributed by atoms with van der Waals surface area (Å²) in [5.41, 5.74) is 1.26. The lowest BCUT2D eigenvalue weighted by molar-refractivity contribution is 0.116. The fourth-order valence-electron chi connectivity index (χ4n) is 3.90. The van der Waals surface area contributed by atoms with Crippen LogP contribution in [0.4, 0.5) is 10.2 Å². The van der Waals surface area contributed by atoms with Gasteiger partial charge in [0.15, 0.2) is 5.82 Å². The van der Waals surface area contributed by atoms with Gasteiger partial charge >= 0.3 is 0 Å².